The van der Waals surface area contributed by atoms with Gasteiger partial charge in [0.05, 0.1) is 23.1 Å². The van der Waals surface area contributed by atoms with Crippen molar-refractivity contribution >= 4 is 45.1 Å². The Bertz CT molecular complexity index is 1050. The minimum Gasteiger partial charge on any atom is -0.271 e. The molecule has 0 atom stereocenters. The highest BCUT2D eigenvalue weighted by Gasteiger charge is 2.21. The summed E-state index contributed by atoms with van der Waals surface area (Å²) in [6.45, 7) is -0.650. The fourth-order valence-electron chi connectivity index (χ4n) is 2.11. The zero-order valence-corrected chi connectivity index (χ0v) is 15.9. The van der Waals surface area contributed by atoms with Crippen LogP contribution >= 0.6 is 11.6 Å². The lowest BCUT2D eigenvalue weighted by Crippen LogP contribution is -2.39. The average molecular weight is 429 g/mol. The van der Waals surface area contributed by atoms with E-state index in [-0.39, 0.29) is 22.0 Å². The molecule has 0 aliphatic heterocycles. The number of amides is 1. The maximum absolute atomic E-state index is 13.4. The van der Waals surface area contributed by atoms with Crippen molar-refractivity contribution in [2.45, 2.75) is 0 Å². The summed E-state index contributed by atoms with van der Waals surface area (Å²) in [7, 11) is -3.87. The van der Waals surface area contributed by atoms with Crippen LogP contribution in [0.15, 0.2) is 47.6 Å². The number of halogens is 2. The molecule has 2 aromatic carbocycles. The highest BCUT2D eigenvalue weighted by molar-refractivity contribution is 7.92. The number of rotatable bonds is 7. The van der Waals surface area contributed by atoms with Gasteiger partial charge in [-0.25, -0.2) is 18.2 Å². The number of anilines is 1. The molecule has 9 nitrogen and oxygen atoms in total. The van der Waals surface area contributed by atoms with E-state index in [1.165, 1.54) is 24.3 Å². The van der Waals surface area contributed by atoms with E-state index in [0.29, 0.717) is 4.31 Å². The van der Waals surface area contributed by atoms with Crippen molar-refractivity contribution in [2.75, 3.05) is 17.1 Å². The predicted molar refractivity (Wildman–Crippen MR) is 102 cm³/mol. The molecule has 0 aromatic heterocycles. The van der Waals surface area contributed by atoms with Crippen molar-refractivity contribution in [1.29, 1.82) is 0 Å². The standard InChI is InChI=1S/C16H14ClFN4O5S/c1-28(26,27)21(13-4-2-3-12(18)8-13)10-16(23)20-19-9-11-7-14(22(24)25)5-6-15(11)17/h2-9H,10H2,1H3,(H,20,23)/b19-9-. The Balaban J connectivity index is 2.13. The number of carbonyl (C=O) groups is 1. The number of benzene rings is 2. The zero-order chi connectivity index (χ0) is 20.9. The Morgan fingerprint density at radius 3 is 2.68 bits per heavy atom. The van der Waals surface area contributed by atoms with E-state index in [1.54, 1.807) is 0 Å². The van der Waals surface area contributed by atoms with Gasteiger partial charge in [-0.05, 0) is 24.3 Å². The Morgan fingerprint density at radius 1 is 1.36 bits per heavy atom. The van der Waals surface area contributed by atoms with Gasteiger partial charge in [0.2, 0.25) is 10.0 Å². The third-order valence-corrected chi connectivity index (χ3v) is 4.85. The summed E-state index contributed by atoms with van der Waals surface area (Å²) in [6, 6.07) is 8.43. The van der Waals surface area contributed by atoms with Crippen molar-refractivity contribution < 1.29 is 22.5 Å². The van der Waals surface area contributed by atoms with E-state index < -0.39 is 33.2 Å². The number of non-ortho nitro benzene ring substituents is 1. The van der Waals surface area contributed by atoms with Crippen molar-refractivity contribution in [2.24, 2.45) is 5.10 Å². The van der Waals surface area contributed by atoms with Gasteiger partial charge >= 0.3 is 0 Å². The molecule has 0 saturated carbocycles. The first kappa shape index (κ1) is 21.3. The van der Waals surface area contributed by atoms with Gasteiger partial charge in [-0.3, -0.25) is 19.2 Å². The van der Waals surface area contributed by atoms with E-state index in [9.17, 15) is 27.7 Å². The molecule has 148 valence electrons. The Kier molecular flexibility index (Phi) is 6.65. The normalized spacial score (nSPS) is 11.4. The zero-order valence-electron chi connectivity index (χ0n) is 14.4. The van der Waals surface area contributed by atoms with E-state index in [0.717, 1.165) is 30.7 Å². The van der Waals surface area contributed by atoms with E-state index in [4.69, 9.17) is 11.6 Å². The summed E-state index contributed by atoms with van der Waals surface area (Å²) in [5.41, 5.74) is 2.04. The Morgan fingerprint density at radius 2 is 2.07 bits per heavy atom. The maximum Gasteiger partial charge on any atom is 0.270 e. The number of nitrogens with one attached hydrogen (secondary N) is 1. The quantitative estimate of drug-likeness (QED) is 0.412. The lowest BCUT2D eigenvalue weighted by Gasteiger charge is -2.21. The first-order valence-electron chi connectivity index (χ1n) is 7.57. The third-order valence-electron chi connectivity index (χ3n) is 3.37. The van der Waals surface area contributed by atoms with Crippen LogP contribution in [0.1, 0.15) is 5.56 Å². The number of nitrogens with zero attached hydrogens (tertiary/aromatic N) is 3. The van der Waals surface area contributed by atoms with Gasteiger partial charge < -0.3 is 0 Å². The Hall–Kier alpha value is -3.05. The minimum atomic E-state index is -3.87. The van der Waals surface area contributed by atoms with Crippen LogP contribution in [0.25, 0.3) is 0 Å². The summed E-state index contributed by atoms with van der Waals surface area (Å²) in [5.74, 6) is -1.47. The molecule has 0 unspecified atom stereocenters. The maximum atomic E-state index is 13.4. The van der Waals surface area contributed by atoms with Crippen molar-refractivity contribution in [3.8, 4) is 0 Å². The molecule has 2 aromatic rings. The molecule has 0 fully saturated rings. The van der Waals surface area contributed by atoms with E-state index in [2.05, 4.69) is 10.5 Å². The van der Waals surface area contributed by atoms with Crippen LogP contribution in [0.4, 0.5) is 15.8 Å². The SMILES string of the molecule is CS(=O)(=O)N(CC(=O)N/N=C\c1cc([N+](=O)[O-])ccc1Cl)c1cccc(F)c1. The number of sulfonamides is 1. The second-order valence-electron chi connectivity index (χ2n) is 5.51. The van der Waals surface area contributed by atoms with Crippen LogP contribution in [0.3, 0.4) is 0 Å². The monoisotopic (exact) mass is 428 g/mol. The lowest BCUT2D eigenvalue weighted by molar-refractivity contribution is -0.384. The number of nitro groups is 1. The second-order valence-corrected chi connectivity index (χ2v) is 7.82. The number of carbonyl (C=O) groups excluding carboxylic acids is 1. The Labute approximate surface area is 164 Å². The van der Waals surface area contributed by atoms with Crippen LogP contribution in [0, 0.1) is 15.9 Å². The van der Waals surface area contributed by atoms with E-state index >= 15 is 0 Å². The molecule has 0 aliphatic carbocycles. The van der Waals surface area contributed by atoms with Crippen molar-refractivity contribution in [3.05, 3.63) is 69.0 Å². The van der Waals surface area contributed by atoms with Gasteiger partial charge in [0.15, 0.2) is 0 Å². The van der Waals surface area contributed by atoms with Gasteiger partial charge in [0.25, 0.3) is 11.6 Å². The molecule has 12 heteroatoms. The molecule has 2 rings (SSSR count). The first-order valence-corrected chi connectivity index (χ1v) is 9.79. The fourth-order valence-corrected chi connectivity index (χ4v) is 3.13. The van der Waals surface area contributed by atoms with Crippen molar-refractivity contribution in [1.82, 2.24) is 5.43 Å². The molecular formula is C16H14ClFN4O5S. The predicted octanol–water partition coefficient (Wildman–Crippen LogP) is 2.30. The number of hydrogen-bond acceptors (Lipinski definition) is 6. The molecule has 0 heterocycles. The van der Waals surface area contributed by atoms with Crippen LogP contribution in [0.2, 0.25) is 5.02 Å². The summed E-state index contributed by atoms with van der Waals surface area (Å²) in [6.07, 6.45) is 1.96. The average Bonchev–Trinajstić information content (AvgIpc) is 2.60. The number of nitro benzene ring substituents is 1. The summed E-state index contributed by atoms with van der Waals surface area (Å²) in [5, 5.41) is 14.6. The van der Waals surface area contributed by atoms with Gasteiger partial charge in [-0.1, -0.05) is 17.7 Å². The van der Waals surface area contributed by atoms with Crippen LogP contribution in [0.5, 0.6) is 0 Å². The van der Waals surface area contributed by atoms with Gasteiger partial charge in [-0.2, -0.15) is 5.10 Å². The van der Waals surface area contributed by atoms with Crippen LogP contribution < -0.4 is 9.73 Å². The summed E-state index contributed by atoms with van der Waals surface area (Å²) in [4.78, 5) is 22.2. The molecule has 1 amide bonds. The molecule has 1 N–H and O–H groups in total. The fraction of sp³-hybridized carbons (Fsp3) is 0.125. The highest BCUT2D eigenvalue weighted by atomic mass is 35.5. The highest BCUT2D eigenvalue weighted by Crippen LogP contribution is 2.20. The topological polar surface area (TPSA) is 122 Å². The number of hydrazone groups is 1. The molecule has 0 spiro atoms. The van der Waals surface area contributed by atoms with Crippen molar-refractivity contribution in [3.63, 3.8) is 0 Å². The largest absolute Gasteiger partial charge is 0.271 e. The van der Waals surface area contributed by atoms with Gasteiger partial charge in [0.1, 0.15) is 12.4 Å². The first-order chi connectivity index (χ1) is 13.1. The van der Waals surface area contributed by atoms with Gasteiger partial charge in [-0.15, -0.1) is 0 Å². The number of hydrogen-bond donors (Lipinski definition) is 1. The van der Waals surface area contributed by atoms with E-state index in [1.807, 2.05) is 0 Å². The van der Waals surface area contributed by atoms with Crippen LogP contribution in [-0.2, 0) is 14.8 Å². The molecule has 0 saturated heterocycles. The molecule has 28 heavy (non-hydrogen) atoms. The molecule has 0 radical (unpaired) electrons. The third kappa shape index (κ3) is 5.72. The summed E-state index contributed by atoms with van der Waals surface area (Å²) >= 11 is 5.91. The smallest absolute Gasteiger partial charge is 0.270 e. The second kappa shape index (κ2) is 8.76. The van der Waals surface area contributed by atoms with Crippen LogP contribution in [-0.4, -0.2) is 38.3 Å². The van der Waals surface area contributed by atoms with Gasteiger partial charge in [0, 0.05) is 22.7 Å². The lowest BCUT2D eigenvalue weighted by atomic mass is 10.2. The molecular weight excluding hydrogens is 415 g/mol. The summed E-state index contributed by atoms with van der Waals surface area (Å²) < 4.78 is 37.9. The molecule has 0 bridgehead atoms. The minimum absolute atomic E-state index is 0.0247. The molecule has 0 aliphatic rings.